The third kappa shape index (κ3) is 3.27. The van der Waals surface area contributed by atoms with E-state index in [1.807, 2.05) is 45.0 Å². The third-order valence-electron chi connectivity index (χ3n) is 3.47. The van der Waals surface area contributed by atoms with E-state index >= 15 is 0 Å². The molecule has 0 fully saturated rings. The van der Waals surface area contributed by atoms with Gasteiger partial charge in [0.25, 0.3) is 0 Å². The molecule has 3 heterocycles. The second kappa shape index (κ2) is 6.66. The number of aryl methyl sites for hydroxylation is 1. The van der Waals surface area contributed by atoms with Crippen molar-refractivity contribution in [3.05, 3.63) is 54.2 Å². The number of nitrogens with zero attached hydrogens (tertiary/aromatic N) is 5. The minimum atomic E-state index is -0.176. The van der Waals surface area contributed by atoms with Crippen molar-refractivity contribution in [2.24, 2.45) is 0 Å². The summed E-state index contributed by atoms with van der Waals surface area (Å²) in [6, 6.07) is 7.71. The molecule has 0 aromatic carbocycles. The Hall–Kier alpha value is -2.60. The van der Waals surface area contributed by atoms with Crippen molar-refractivity contribution in [2.45, 2.75) is 26.9 Å². The fraction of sp³-hybridized carbons (Fsp3) is 0.294. The fourth-order valence-electron chi connectivity index (χ4n) is 2.34. The third-order valence-corrected chi connectivity index (χ3v) is 3.47. The van der Waals surface area contributed by atoms with E-state index in [0.29, 0.717) is 12.4 Å². The van der Waals surface area contributed by atoms with Crippen LogP contribution >= 0.6 is 0 Å². The molecule has 0 N–H and O–H groups in total. The molecule has 0 bridgehead atoms. The lowest BCUT2D eigenvalue weighted by Gasteiger charge is -2.12. The van der Waals surface area contributed by atoms with Crippen molar-refractivity contribution in [1.82, 2.24) is 24.7 Å². The minimum Gasteiger partial charge on any atom is -0.371 e. The molecule has 6 nitrogen and oxygen atoms in total. The highest BCUT2D eigenvalue weighted by atomic mass is 16.5. The monoisotopic (exact) mass is 309 g/mol. The maximum Gasteiger partial charge on any atom is 0.182 e. The average molecular weight is 309 g/mol. The molecule has 0 aliphatic rings. The molecule has 0 radical (unpaired) electrons. The SMILES string of the molecule is CCOC(C)c1nc(-c2ccncc2)nn1-c1cc(C)ccn1. The van der Waals surface area contributed by atoms with Gasteiger partial charge in [0.15, 0.2) is 17.5 Å². The van der Waals surface area contributed by atoms with E-state index in [9.17, 15) is 0 Å². The zero-order chi connectivity index (χ0) is 16.2. The summed E-state index contributed by atoms with van der Waals surface area (Å²) in [5.74, 6) is 2.10. The lowest BCUT2D eigenvalue weighted by Crippen LogP contribution is -2.10. The van der Waals surface area contributed by atoms with Crippen LogP contribution in [0.25, 0.3) is 17.2 Å². The van der Waals surface area contributed by atoms with E-state index in [2.05, 4.69) is 20.1 Å². The first-order valence-electron chi connectivity index (χ1n) is 7.61. The van der Waals surface area contributed by atoms with Gasteiger partial charge >= 0.3 is 0 Å². The normalized spacial score (nSPS) is 12.3. The Balaban J connectivity index is 2.11. The minimum absolute atomic E-state index is 0.176. The Labute approximate surface area is 135 Å². The summed E-state index contributed by atoms with van der Waals surface area (Å²) in [5, 5.41) is 4.63. The van der Waals surface area contributed by atoms with Gasteiger partial charge in [-0.2, -0.15) is 4.68 Å². The topological polar surface area (TPSA) is 65.7 Å². The molecular weight excluding hydrogens is 290 g/mol. The van der Waals surface area contributed by atoms with Gasteiger partial charge in [0.2, 0.25) is 0 Å². The fourth-order valence-corrected chi connectivity index (χ4v) is 2.34. The summed E-state index contributed by atoms with van der Waals surface area (Å²) in [6.45, 7) is 6.57. The summed E-state index contributed by atoms with van der Waals surface area (Å²) in [4.78, 5) is 13.1. The van der Waals surface area contributed by atoms with E-state index < -0.39 is 0 Å². The Morgan fingerprint density at radius 1 is 1.17 bits per heavy atom. The summed E-state index contributed by atoms with van der Waals surface area (Å²) in [5.41, 5.74) is 2.03. The number of ether oxygens (including phenoxy) is 1. The maximum atomic E-state index is 5.71. The number of rotatable bonds is 5. The largest absolute Gasteiger partial charge is 0.371 e. The molecule has 23 heavy (non-hydrogen) atoms. The number of hydrogen-bond acceptors (Lipinski definition) is 5. The lowest BCUT2D eigenvalue weighted by molar-refractivity contribution is 0.0685. The Morgan fingerprint density at radius 2 is 1.96 bits per heavy atom. The van der Waals surface area contributed by atoms with Crippen LogP contribution in [-0.4, -0.2) is 31.3 Å². The molecule has 118 valence electrons. The highest BCUT2D eigenvalue weighted by molar-refractivity contribution is 5.53. The molecule has 0 amide bonds. The van der Waals surface area contributed by atoms with Gasteiger partial charge < -0.3 is 4.74 Å². The van der Waals surface area contributed by atoms with Crippen LogP contribution in [0.2, 0.25) is 0 Å². The Kier molecular flexibility index (Phi) is 4.43. The number of hydrogen-bond donors (Lipinski definition) is 0. The van der Waals surface area contributed by atoms with Crippen LogP contribution in [0.5, 0.6) is 0 Å². The molecule has 3 aromatic rings. The summed E-state index contributed by atoms with van der Waals surface area (Å²) >= 11 is 0. The van der Waals surface area contributed by atoms with Crippen molar-refractivity contribution in [1.29, 1.82) is 0 Å². The van der Waals surface area contributed by atoms with E-state index in [1.165, 1.54) is 0 Å². The second-order valence-electron chi connectivity index (χ2n) is 5.23. The van der Waals surface area contributed by atoms with Gasteiger partial charge in [-0.1, -0.05) is 0 Å². The van der Waals surface area contributed by atoms with Crippen molar-refractivity contribution in [3.8, 4) is 17.2 Å². The molecule has 6 heteroatoms. The van der Waals surface area contributed by atoms with Crippen LogP contribution in [0.3, 0.4) is 0 Å². The summed E-state index contributed by atoms with van der Waals surface area (Å²) < 4.78 is 7.46. The van der Waals surface area contributed by atoms with Crippen LogP contribution < -0.4 is 0 Å². The highest BCUT2D eigenvalue weighted by Crippen LogP contribution is 2.22. The lowest BCUT2D eigenvalue weighted by atomic mass is 10.2. The summed E-state index contributed by atoms with van der Waals surface area (Å²) in [6.07, 6.45) is 5.05. The van der Waals surface area contributed by atoms with Crippen LogP contribution in [0.15, 0.2) is 42.9 Å². The molecule has 1 unspecified atom stereocenters. The smallest absolute Gasteiger partial charge is 0.182 e. The second-order valence-corrected chi connectivity index (χ2v) is 5.23. The maximum absolute atomic E-state index is 5.71. The van der Waals surface area contributed by atoms with Gasteiger partial charge in [-0.15, -0.1) is 5.10 Å². The van der Waals surface area contributed by atoms with E-state index in [-0.39, 0.29) is 6.10 Å². The van der Waals surface area contributed by atoms with Gasteiger partial charge in [0.05, 0.1) is 0 Å². The average Bonchev–Trinajstić information content (AvgIpc) is 3.01. The van der Waals surface area contributed by atoms with Crippen molar-refractivity contribution < 1.29 is 4.74 Å². The van der Waals surface area contributed by atoms with Crippen LogP contribution in [0, 0.1) is 6.92 Å². The highest BCUT2D eigenvalue weighted by Gasteiger charge is 2.19. The standard InChI is InChI=1S/C17H19N5O/c1-4-23-13(3)17-20-16(14-6-8-18-9-7-14)21-22(17)15-11-12(2)5-10-19-15/h5-11,13H,4H2,1-3H3. The molecule has 0 spiro atoms. The molecule has 0 aliphatic heterocycles. The van der Waals surface area contributed by atoms with Crippen molar-refractivity contribution in [2.75, 3.05) is 6.61 Å². The predicted octanol–water partition coefficient (Wildman–Crippen LogP) is 3.13. The molecule has 1 atom stereocenters. The quantitative estimate of drug-likeness (QED) is 0.724. The van der Waals surface area contributed by atoms with Gasteiger partial charge in [0, 0.05) is 30.8 Å². The van der Waals surface area contributed by atoms with Crippen LogP contribution in [-0.2, 0) is 4.74 Å². The predicted molar refractivity (Wildman–Crippen MR) is 87.2 cm³/mol. The first-order chi connectivity index (χ1) is 11.2. The van der Waals surface area contributed by atoms with Gasteiger partial charge in [-0.25, -0.2) is 9.97 Å². The Bertz CT molecular complexity index is 785. The summed E-state index contributed by atoms with van der Waals surface area (Å²) in [7, 11) is 0. The van der Waals surface area contributed by atoms with E-state index in [0.717, 1.165) is 22.8 Å². The molecular formula is C17H19N5O. The number of aromatic nitrogens is 5. The van der Waals surface area contributed by atoms with Gasteiger partial charge in [-0.05, 0) is 50.6 Å². The van der Waals surface area contributed by atoms with Gasteiger partial charge in [-0.3, -0.25) is 4.98 Å². The van der Waals surface area contributed by atoms with Crippen molar-refractivity contribution >= 4 is 0 Å². The zero-order valence-electron chi connectivity index (χ0n) is 13.5. The molecule has 0 aliphatic carbocycles. The number of pyridine rings is 2. The molecule has 3 aromatic heterocycles. The van der Waals surface area contributed by atoms with Crippen LogP contribution in [0.1, 0.15) is 31.3 Å². The van der Waals surface area contributed by atoms with E-state index in [1.54, 1.807) is 23.3 Å². The molecule has 0 saturated heterocycles. The first-order valence-corrected chi connectivity index (χ1v) is 7.61. The first kappa shape index (κ1) is 15.3. The van der Waals surface area contributed by atoms with Crippen molar-refractivity contribution in [3.63, 3.8) is 0 Å². The molecule has 3 rings (SSSR count). The van der Waals surface area contributed by atoms with Gasteiger partial charge in [0.1, 0.15) is 6.10 Å². The molecule has 0 saturated carbocycles. The van der Waals surface area contributed by atoms with Crippen LogP contribution in [0.4, 0.5) is 0 Å². The zero-order valence-corrected chi connectivity index (χ0v) is 13.5. The van der Waals surface area contributed by atoms with E-state index in [4.69, 9.17) is 4.74 Å². The Morgan fingerprint density at radius 3 is 2.65 bits per heavy atom.